The zero-order valence-electron chi connectivity index (χ0n) is 18.1. The highest BCUT2D eigenvalue weighted by Gasteiger charge is 2.27. The smallest absolute Gasteiger partial charge is 0.194 e. The summed E-state index contributed by atoms with van der Waals surface area (Å²) in [5.41, 5.74) is 1.32. The second kappa shape index (κ2) is 11.2. The molecule has 0 aliphatic carbocycles. The van der Waals surface area contributed by atoms with Gasteiger partial charge in [0.15, 0.2) is 5.96 Å². The minimum absolute atomic E-state index is 0.0872. The van der Waals surface area contributed by atoms with Crippen molar-refractivity contribution < 1.29 is 13.9 Å². The lowest BCUT2D eigenvalue weighted by atomic mass is 10.0. The molecular weight excluding hydrogens is 400 g/mol. The summed E-state index contributed by atoms with van der Waals surface area (Å²) in [6.07, 6.45) is 3.36. The molecule has 1 fully saturated rings. The van der Waals surface area contributed by atoms with Crippen LogP contribution in [0.2, 0.25) is 0 Å². The van der Waals surface area contributed by atoms with Crippen LogP contribution in [0.15, 0.2) is 47.7 Å². The van der Waals surface area contributed by atoms with E-state index in [4.69, 9.17) is 0 Å². The van der Waals surface area contributed by atoms with Gasteiger partial charge in [0, 0.05) is 62.8 Å². The van der Waals surface area contributed by atoms with Crippen molar-refractivity contribution in [3.63, 3.8) is 0 Å². The summed E-state index contributed by atoms with van der Waals surface area (Å²) in [6, 6.07) is 7.31. The van der Waals surface area contributed by atoms with Crippen LogP contribution in [0.3, 0.4) is 0 Å². The van der Waals surface area contributed by atoms with Gasteiger partial charge >= 0.3 is 0 Å². The molecule has 0 bridgehead atoms. The molecule has 0 amide bonds. The zero-order chi connectivity index (χ0) is 22.2. The number of pyridine rings is 1. The highest BCUT2D eigenvalue weighted by atomic mass is 19.1. The van der Waals surface area contributed by atoms with Crippen molar-refractivity contribution in [1.29, 1.82) is 0 Å². The van der Waals surface area contributed by atoms with Crippen molar-refractivity contribution in [3.8, 4) is 0 Å². The van der Waals surface area contributed by atoms with Gasteiger partial charge < -0.3 is 15.3 Å². The lowest BCUT2D eigenvalue weighted by molar-refractivity contribution is 0.124. The number of nitrogens with zero attached hydrogens (tertiary/aromatic N) is 4. The molecule has 0 spiro atoms. The van der Waals surface area contributed by atoms with Gasteiger partial charge in [0.1, 0.15) is 11.6 Å². The molecular formula is C23H31F2N5O. The minimum Gasteiger partial charge on any atom is -0.386 e. The molecule has 1 saturated heterocycles. The zero-order valence-corrected chi connectivity index (χ0v) is 18.1. The standard InChI is InChI=1S/C23H31F2N5O/c1-3-21(19-6-5-18(24)15-20(19)25)29-11-13-30(14-12-29)23(27-4-2)28-16-22(31)17-7-9-26-10-8-17/h5-10,15,21-22,31H,3-4,11-14,16H2,1-2H3,(H,27,28). The maximum absolute atomic E-state index is 14.3. The average Bonchev–Trinajstić information content (AvgIpc) is 2.79. The van der Waals surface area contributed by atoms with E-state index in [1.54, 1.807) is 30.6 Å². The summed E-state index contributed by atoms with van der Waals surface area (Å²) in [7, 11) is 0. The highest BCUT2D eigenvalue weighted by Crippen LogP contribution is 2.28. The van der Waals surface area contributed by atoms with Crippen LogP contribution in [0, 0.1) is 11.6 Å². The van der Waals surface area contributed by atoms with Crippen molar-refractivity contribution in [1.82, 2.24) is 20.1 Å². The Kier molecular flexibility index (Phi) is 8.31. The molecule has 6 nitrogen and oxygen atoms in total. The van der Waals surface area contributed by atoms with E-state index in [1.807, 2.05) is 13.8 Å². The molecule has 31 heavy (non-hydrogen) atoms. The number of guanidine groups is 1. The van der Waals surface area contributed by atoms with Crippen molar-refractivity contribution in [2.45, 2.75) is 32.4 Å². The van der Waals surface area contributed by atoms with E-state index in [0.717, 1.165) is 56.7 Å². The molecule has 3 rings (SSSR count). The normalized spacial score (nSPS) is 17.5. The molecule has 2 heterocycles. The number of benzene rings is 1. The first-order valence-corrected chi connectivity index (χ1v) is 10.8. The van der Waals surface area contributed by atoms with Crippen molar-refractivity contribution in [2.24, 2.45) is 4.99 Å². The van der Waals surface area contributed by atoms with E-state index in [2.05, 4.69) is 25.1 Å². The first-order valence-electron chi connectivity index (χ1n) is 10.8. The summed E-state index contributed by atoms with van der Waals surface area (Å²) < 4.78 is 27.6. The largest absolute Gasteiger partial charge is 0.386 e. The van der Waals surface area contributed by atoms with E-state index in [0.29, 0.717) is 5.56 Å². The fraction of sp³-hybridized carbons (Fsp3) is 0.478. The maximum Gasteiger partial charge on any atom is 0.194 e. The summed E-state index contributed by atoms with van der Waals surface area (Å²) in [6.45, 7) is 7.96. The number of rotatable bonds is 7. The Labute approximate surface area is 182 Å². The lowest BCUT2D eigenvalue weighted by Crippen LogP contribution is -2.53. The molecule has 1 aliphatic heterocycles. The topological polar surface area (TPSA) is 64.0 Å². The Morgan fingerprint density at radius 2 is 1.84 bits per heavy atom. The second-order valence-electron chi connectivity index (χ2n) is 7.60. The third-order valence-electron chi connectivity index (χ3n) is 5.60. The summed E-state index contributed by atoms with van der Waals surface area (Å²) in [5.74, 6) is -0.285. The number of piperazine rings is 1. The number of aromatic nitrogens is 1. The van der Waals surface area contributed by atoms with Gasteiger partial charge in [-0.15, -0.1) is 0 Å². The molecule has 1 aromatic heterocycles. The summed E-state index contributed by atoms with van der Waals surface area (Å²) in [4.78, 5) is 13.0. The van der Waals surface area contributed by atoms with Gasteiger partial charge in [-0.3, -0.25) is 14.9 Å². The van der Waals surface area contributed by atoms with Crippen LogP contribution >= 0.6 is 0 Å². The molecule has 1 aromatic carbocycles. The van der Waals surface area contributed by atoms with Crippen molar-refractivity contribution >= 4 is 5.96 Å². The number of hydrogen-bond acceptors (Lipinski definition) is 4. The van der Waals surface area contributed by atoms with Crippen LogP contribution in [-0.4, -0.2) is 65.1 Å². The first kappa shape index (κ1) is 23.1. The van der Waals surface area contributed by atoms with Crippen LogP contribution in [0.5, 0.6) is 0 Å². The number of aliphatic hydroxyl groups excluding tert-OH is 1. The third kappa shape index (κ3) is 5.98. The van der Waals surface area contributed by atoms with Crippen LogP contribution < -0.4 is 5.32 Å². The van der Waals surface area contributed by atoms with E-state index in [1.165, 1.54) is 6.07 Å². The first-order chi connectivity index (χ1) is 15.0. The van der Waals surface area contributed by atoms with Gasteiger partial charge in [-0.2, -0.15) is 0 Å². The molecule has 8 heteroatoms. The number of aliphatic hydroxyl groups is 1. The van der Waals surface area contributed by atoms with E-state index < -0.39 is 17.7 Å². The Balaban J connectivity index is 1.63. The number of nitrogens with one attached hydrogen (secondary N) is 1. The Morgan fingerprint density at radius 3 is 2.45 bits per heavy atom. The van der Waals surface area contributed by atoms with Crippen LogP contribution in [-0.2, 0) is 0 Å². The minimum atomic E-state index is -0.691. The van der Waals surface area contributed by atoms with Gasteiger partial charge in [0.25, 0.3) is 0 Å². The van der Waals surface area contributed by atoms with E-state index >= 15 is 0 Å². The lowest BCUT2D eigenvalue weighted by Gasteiger charge is -2.40. The van der Waals surface area contributed by atoms with Gasteiger partial charge in [0.2, 0.25) is 0 Å². The Hall–Kier alpha value is -2.58. The molecule has 168 valence electrons. The van der Waals surface area contributed by atoms with Crippen LogP contribution in [0.1, 0.15) is 43.5 Å². The predicted molar refractivity (Wildman–Crippen MR) is 118 cm³/mol. The van der Waals surface area contributed by atoms with Gasteiger partial charge in [0.05, 0.1) is 12.6 Å². The molecule has 0 saturated carbocycles. The van der Waals surface area contributed by atoms with E-state index in [9.17, 15) is 13.9 Å². The Bertz CT molecular complexity index is 856. The molecule has 2 unspecified atom stereocenters. The van der Waals surface area contributed by atoms with Gasteiger partial charge in [-0.05, 0) is 37.1 Å². The quantitative estimate of drug-likeness (QED) is 0.521. The molecule has 2 atom stereocenters. The monoisotopic (exact) mass is 431 g/mol. The van der Waals surface area contributed by atoms with Gasteiger partial charge in [-0.25, -0.2) is 8.78 Å². The second-order valence-corrected chi connectivity index (χ2v) is 7.60. The molecule has 1 aliphatic rings. The fourth-order valence-electron chi connectivity index (χ4n) is 3.98. The SMILES string of the molecule is CCNC(=NCC(O)c1ccncc1)N1CCN(C(CC)c2ccc(F)cc2F)CC1. The summed E-state index contributed by atoms with van der Waals surface area (Å²) >= 11 is 0. The molecule has 2 N–H and O–H groups in total. The van der Waals surface area contributed by atoms with Gasteiger partial charge in [-0.1, -0.05) is 13.0 Å². The van der Waals surface area contributed by atoms with E-state index in [-0.39, 0.29) is 12.6 Å². The average molecular weight is 432 g/mol. The number of hydrogen-bond donors (Lipinski definition) is 2. The predicted octanol–water partition coefficient (Wildman–Crippen LogP) is 3.13. The van der Waals surface area contributed by atoms with Crippen molar-refractivity contribution in [2.75, 3.05) is 39.3 Å². The fourth-order valence-corrected chi connectivity index (χ4v) is 3.98. The van der Waals surface area contributed by atoms with Crippen molar-refractivity contribution in [3.05, 3.63) is 65.5 Å². The molecule has 2 aromatic rings. The Morgan fingerprint density at radius 1 is 1.13 bits per heavy atom. The maximum atomic E-state index is 14.3. The highest BCUT2D eigenvalue weighted by molar-refractivity contribution is 5.80. The molecule has 0 radical (unpaired) electrons. The third-order valence-corrected chi connectivity index (χ3v) is 5.60. The number of halogens is 2. The van der Waals surface area contributed by atoms with Crippen LogP contribution in [0.25, 0.3) is 0 Å². The van der Waals surface area contributed by atoms with Crippen LogP contribution in [0.4, 0.5) is 8.78 Å². The summed E-state index contributed by atoms with van der Waals surface area (Å²) in [5, 5.41) is 13.7. The number of aliphatic imine (C=N–C) groups is 1.